The van der Waals surface area contributed by atoms with Gasteiger partial charge in [0.1, 0.15) is 0 Å². The first kappa shape index (κ1) is 13.8. The van der Waals surface area contributed by atoms with Crippen LogP contribution in [0.3, 0.4) is 0 Å². The van der Waals surface area contributed by atoms with Crippen molar-refractivity contribution < 1.29 is 32.5 Å². The molecule has 0 radical (unpaired) electrons. The number of hydrogen-bond acceptors (Lipinski definition) is 6. The average molecular weight is 203 g/mol. The Hall–Kier alpha value is -0.740. The maximum Gasteiger partial charge on any atom is 0.394 e. The smallest absolute Gasteiger partial charge is 0.330 e. The molecule has 0 heterocycles. The van der Waals surface area contributed by atoms with E-state index >= 15 is 0 Å². The number of hydrogen-bond donors (Lipinski definition) is 4. The molecule has 9 heteroatoms. The highest BCUT2D eigenvalue weighted by molar-refractivity contribution is 7.79. The van der Waals surface area contributed by atoms with Crippen LogP contribution in [0, 0.1) is 0 Å². The Labute approximate surface area is 68.4 Å². The van der Waals surface area contributed by atoms with Crippen molar-refractivity contribution in [3.63, 3.8) is 0 Å². The zero-order valence-electron chi connectivity index (χ0n) is 5.87. The lowest BCUT2D eigenvalue weighted by atomic mass is 10.5. The van der Waals surface area contributed by atoms with Crippen LogP contribution in [0.4, 0.5) is 0 Å². The van der Waals surface area contributed by atoms with Crippen molar-refractivity contribution in [2.24, 2.45) is 5.73 Å². The first-order valence-corrected chi connectivity index (χ1v) is 3.95. The van der Waals surface area contributed by atoms with E-state index in [0.717, 1.165) is 0 Å². The van der Waals surface area contributed by atoms with Gasteiger partial charge in [0.15, 0.2) is 0 Å². The summed E-state index contributed by atoms with van der Waals surface area (Å²) in [6.45, 7) is 0.208. The van der Waals surface area contributed by atoms with Crippen LogP contribution in [0.5, 0.6) is 0 Å². The molecule has 0 amide bonds. The third-order valence-corrected chi connectivity index (χ3v) is 0.450. The zero-order chi connectivity index (χ0) is 10.2. The summed E-state index contributed by atoms with van der Waals surface area (Å²) < 4.78 is 31.6. The van der Waals surface area contributed by atoms with E-state index in [9.17, 15) is 4.79 Å². The highest BCUT2D eigenvalue weighted by Gasteiger charge is 1.95. The average Bonchev–Trinajstić information content (AvgIpc) is 1.85. The van der Waals surface area contributed by atoms with Crippen LogP contribution in [0.15, 0.2) is 0 Å². The van der Waals surface area contributed by atoms with E-state index in [1.807, 2.05) is 0 Å². The number of rotatable bonds is 2. The van der Waals surface area contributed by atoms with Gasteiger partial charge in [-0.05, 0) is 0 Å². The Morgan fingerprint density at radius 2 is 1.75 bits per heavy atom. The lowest BCUT2D eigenvalue weighted by Crippen LogP contribution is -2.08. The van der Waals surface area contributed by atoms with Gasteiger partial charge in [0.2, 0.25) is 0 Å². The first-order chi connectivity index (χ1) is 5.31. The molecule has 8 nitrogen and oxygen atoms in total. The molecule has 0 atom stereocenters. The molecule has 0 aliphatic carbocycles. The summed E-state index contributed by atoms with van der Waals surface area (Å²) in [5.74, 6) is -0.692. The summed E-state index contributed by atoms with van der Waals surface area (Å²) in [7, 11) is -4.67. The summed E-state index contributed by atoms with van der Waals surface area (Å²) in [5, 5.41) is 7.56. The van der Waals surface area contributed by atoms with Crippen molar-refractivity contribution in [2.45, 2.75) is 6.42 Å². The molecule has 0 saturated heterocycles. The second-order valence-electron chi connectivity index (χ2n) is 1.45. The van der Waals surface area contributed by atoms with Crippen LogP contribution in [0.25, 0.3) is 0 Å². The van der Waals surface area contributed by atoms with E-state index in [1.165, 1.54) is 0 Å². The van der Waals surface area contributed by atoms with Gasteiger partial charge in [0, 0.05) is 6.54 Å². The van der Waals surface area contributed by atoms with Crippen molar-refractivity contribution in [3.8, 4) is 0 Å². The van der Waals surface area contributed by atoms with E-state index < -0.39 is 16.4 Å². The molecule has 0 fully saturated rings. The molecule has 0 aromatic rings. The molecule has 0 saturated carbocycles. The summed E-state index contributed by atoms with van der Waals surface area (Å²) in [5.41, 5.74) is 4.89. The molecule has 74 valence electrons. The second kappa shape index (κ2) is 6.94. The lowest BCUT2D eigenvalue weighted by molar-refractivity contribution is -0.234. The molecule has 0 aromatic carbocycles. The minimum absolute atomic E-state index is 0.0660. The number of carbonyl (C=O) groups is 1. The molecule has 0 aromatic heterocycles. The zero-order valence-corrected chi connectivity index (χ0v) is 6.69. The maximum atomic E-state index is 9.86. The third-order valence-electron chi connectivity index (χ3n) is 0.450. The van der Waals surface area contributed by atoms with Gasteiger partial charge < -0.3 is 10.6 Å². The Balaban J connectivity index is 0. The van der Waals surface area contributed by atoms with E-state index in [2.05, 4.69) is 4.89 Å². The van der Waals surface area contributed by atoms with Crippen molar-refractivity contribution in [3.05, 3.63) is 0 Å². The van der Waals surface area contributed by atoms with Gasteiger partial charge >= 0.3 is 16.4 Å². The second-order valence-corrected chi connectivity index (χ2v) is 2.35. The molecule has 0 aliphatic heterocycles. The first-order valence-electron chi connectivity index (χ1n) is 2.55. The Morgan fingerprint density at radius 1 is 1.42 bits per heavy atom. The van der Waals surface area contributed by atoms with Gasteiger partial charge in [0.25, 0.3) is 0 Å². The Morgan fingerprint density at radius 3 is 1.83 bits per heavy atom. The highest BCUT2D eigenvalue weighted by atomic mass is 32.3. The molecular weight excluding hydrogens is 194 g/mol. The number of nitrogens with two attached hydrogens (primary N) is 1. The summed E-state index contributed by atoms with van der Waals surface area (Å²) in [6, 6.07) is 0. The standard InChI is InChI=1S/C3H7NO3.H2O4S/c4-2-1-3(5)7-6;1-5(2,3)4/h6H,1-2,4H2;(H2,1,2,3,4). The summed E-state index contributed by atoms with van der Waals surface area (Å²) in [4.78, 5) is 13.1. The number of carbonyl (C=O) groups excluding carboxylic acids is 1. The third kappa shape index (κ3) is 34.8. The summed E-state index contributed by atoms with van der Waals surface area (Å²) in [6.07, 6.45) is 0.0660. The lowest BCUT2D eigenvalue weighted by Gasteiger charge is -1.87. The van der Waals surface area contributed by atoms with Crippen LogP contribution < -0.4 is 5.73 Å². The SMILES string of the molecule is NCCC(=O)OO.O=S(=O)(O)O. The van der Waals surface area contributed by atoms with Crippen LogP contribution in [-0.4, -0.2) is 35.3 Å². The van der Waals surface area contributed by atoms with Crippen molar-refractivity contribution in [1.82, 2.24) is 0 Å². The van der Waals surface area contributed by atoms with Gasteiger partial charge in [-0.15, -0.1) is 0 Å². The van der Waals surface area contributed by atoms with Gasteiger partial charge in [-0.3, -0.25) is 9.11 Å². The van der Waals surface area contributed by atoms with E-state index in [-0.39, 0.29) is 13.0 Å². The van der Waals surface area contributed by atoms with Gasteiger partial charge in [-0.1, -0.05) is 0 Å². The minimum Gasteiger partial charge on any atom is -0.330 e. The van der Waals surface area contributed by atoms with Crippen molar-refractivity contribution >= 4 is 16.4 Å². The largest absolute Gasteiger partial charge is 0.394 e. The topological polar surface area (TPSA) is 147 Å². The fraction of sp³-hybridized carbons (Fsp3) is 0.667. The molecular formula is C3H9NO7S. The van der Waals surface area contributed by atoms with E-state index in [0.29, 0.717) is 0 Å². The van der Waals surface area contributed by atoms with Gasteiger partial charge in [-0.25, -0.2) is 4.79 Å². The molecule has 0 bridgehead atoms. The monoisotopic (exact) mass is 203 g/mol. The minimum atomic E-state index is -4.67. The Bertz CT molecular complexity index is 201. The highest BCUT2D eigenvalue weighted by Crippen LogP contribution is 1.76. The molecule has 0 aliphatic rings. The maximum absolute atomic E-state index is 9.86. The molecule has 12 heavy (non-hydrogen) atoms. The van der Waals surface area contributed by atoms with E-state index in [1.54, 1.807) is 0 Å². The Kier molecular flexibility index (Phi) is 7.99. The molecule has 0 spiro atoms. The predicted octanol–water partition coefficient (Wildman–Crippen LogP) is -1.30. The van der Waals surface area contributed by atoms with Crippen LogP contribution in [0.2, 0.25) is 0 Å². The van der Waals surface area contributed by atoms with Crippen molar-refractivity contribution in [1.29, 1.82) is 0 Å². The van der Waals surface area contributed by atoms with E-state index in [4.69, 9.17) is 28.5 Å². The fourth-order valence-electron chi connectivity index (χ4n) is 0.163. The molecule has 0 rings (SSSR count). The summed E-state index contributed by atoms with van der Waals surface area (Å²) >= 11 is 0. The molecule has 0 unspecified atom stereocenters. The van der Waals surface area contributed by atoms with Gasteiger partial charge in [-0.2, -0.15) is 13.7 Å². The molecule has 5 N–H and O–H groups in total. The van der Waals surface area contributed by atoms with Crippen LogP contribution in [-0.2, 0) is 20.1 Å². The van der Waals surface area contributed by atoms with Crippen molar-refractivity contribution in [2.75, 3.05) is 6.54 Å². The predicted molar refractivity (Wildman–Crippen MR) is 36.6 cm³/mol. The van der Waals surface area contributed by atoms with Crippen LogP contribution in [0.1, 0.15) is 6.42 Å². The van der Waals surface area contributed by atoms with Crippen LogP contribution >= 0.6 is 0 Å². The van der Waals surface area contributed by atoms with Gasteiger partial charge in [0.05, 0.1) is 6.42 Å². The quantitative estimate of drug-likeness (QED) is 0.246. The normalized spacial score (nSPS) is 9.67. The fourth-order valence-corrected chi connectivity index (χ4v) is 0.163.